The average molecular weight is 510 g/mol. The molecular formula is C25H27N5OS3. The molecule has 0 bridgehead atoms. The highest BCUT2D eigenvalue weighted by Crippen LogP contribution is 2.40. The summed E-state index contributed by atoms with van der Waals surface area (Å²) in [6, 6.07) is 8.48. The first-order chi connectivity index (χ1) is 16.6. The van der Waals surface area contributed by atoms with E-state index in [1.165, 1.54) is 60.8 Å². The third-order valence-corrected chi connectivity index (χ3v) is 9.49. The molecule has 1 unspecified atom stereocenters. The molecule has 1 saturated carbocycles. The Balaban J connectivity index is 1.35. The summed E-state index contributed by atoms with van der Waals surface area (Å²) in [6.07, 6.45) is 8.42. The standard InChI is InChI=1S/C25H27N5OS3/c1-3-19(21(31)28-25-30-29-22(34-25)17-7-5-4-6-8-17)33-24-20-18(13-32-23(20)26-14-27-24)16-11-9-15(2)10-12-16/h9-14,17,19H,3-8H2,1-2H3,(H,28,30,31). The van der Waals surface area contributed by atoms with Gasteiger partial charge in [-0.25, -0.2) is 9.97 Å². The maximum absolute atomic E-state index is 13.2. The van der Waals surface area contributed by atoms with Crippen molar-refractivity contribution < 1.29 is 4.79 Å². The van der Waals surface area contributed by atoms with Gasteiger partial charge in [0.2, 0.25) is 11.0 Å². The van der Waals surface area contributed by atoms with E-state index in [1.807, 2.05) is 6.92 Å². The van der Waals surface area contributed by atoms with Crippen molar-refractivity contribution in [2.24, 2.45) is 0 Å². The Morgan fingerprint density at radius 1 is 1.15 bits per heavy atom. The number of carbonyl (C=O) groups excluding carboxylic acids is 1. The van der Waals surface area contributed by atoms with E-state index in [9.17, 15) is 4.79 Å². The maximum Gasteiger partial charge on any atom is 0.239 e. The Labute approximate surface area is 211 Å². The number of hydrogen-bond donors (Lipinski definition) is 1. The molecule has 5 rings (SSSR count). The molecule has 0 radical (unpaired) electrons. The lowest BCUT2D eigenvalue weighted by Crippen LogP contribution is -2.24. The first-order valence-corrected chi connectivity index (χ1v) is 14.3. The molecule has 176 valence electrons. The lowest BCUT2D eigenvalue weighted by Gasteiger charge is -2.18. The van der Waals surface area contributed by atoms with Crippen LogP contribution in [0.25, 0.3) is 21.3 Å². The number of anilines is 1. The van der Waals surface area contributed by atoms with E-state index in [4.69, 9.17) is 0 Å². The molecule has 0 saturated heterocycles. The van der Waals surface area contributed by atoms with Gasteiger partial charge in [0, 0.05) is 16.9 Å². The minimum atomic E-state index is -0.286. The molecule has 0 spiro atoms. The summed E-state index contributed by atoms with van der Waals surface area (Å²) in [7, 11) is 0. The van der Waals surface area contributed by atoms with E-state index in [0.29, 0.717) is 17.5 Å². The van der Waals surface area contributed by atoms with Crippen molar-refractivity contribution in [2.75, 3.05) is 5.32 Å². The molecule has 34 heavy (non-hydrogen) atoms. The van der Waals surface area contributed by atoms with Crippen molar-refractivity contribution in [1.29, 1.82) is 0 Å². The van der Waals surface area contributed by atoms with Gasteiger partial charge in [-0.3, -0.25) is 10.1 Å². The number of nitrogens with zero attached hydrogens (tertiary/aromatic N) is 4. The lowest BCUT2D eigenvalue weighted by atomic mass is 9.90. The Morgan fingerprint density at radius 2 is 1.94 bits per heavy atom. The molecule has 1 atom stereocenters. The molecular weight excluding hydrogens is 483 g/mol. The first kappa shape index (κ1) is 23.4. The van der Waals surface area contributed by atoms with Gasteiger partial charge in [-0.05, 0) is 31.7 Å². The highest BCUT2D eigenvalue weighted by Gasteiger charge is 2.24. The molecule has 4 aromatic rings. The van der Waals surface area contributed by atoms with Gasteiger partial charge in [0.25, 0.3) is 0 Å². The molecule has 1 N–H and O–H groups in total. The minimum Gasteiger partial charge on any atom is -0.300 e. The van der Waals surface area contributed by atoms with Gasteiger partial charge >= 0.3 is 0 Å². The summed E-state index contributed by atoms with van der Waals surface area (Å²) >= 11 is 4.62. The number of aromatic nitrogens is 4. The lowest BCUT2D eigenvalue weighted by molar-refractivity contribution is -0.115. The van der Waals surface area contributed by atoms with Crippen molar-refractivity contribution in [3.63, 3.8) is 0 Å². The number of aryl methyl sites for hydroxylation is 1. The monoisotopic (exact) mass is 509 g/mol. The molecule has 1 aliphatic carbocycles. The van der Waals surface area contributed by atoms with Crippen LogP contribution in [0.15, 0.2) is 41.0 Å². The van der Waals surface area contributed by atoms with Gasteiger partial charge in [-0.1, -0.05) is 79.1 Å². The Kier molecular flexibility index (Phi) is 7.22. The number of hydrogen-bond acceptors (Lipinski definition) is 8. The summed E-state index contributed by atoms with van der Waals surface area (Å²) in [5.74, 6) is 0.430. The van der Waals surface area contributed by atoms with Crippen molar-refractivity contribution >= 4 is 55.7 Å². The number of rotatable bonds is 7. The van der Waals surface area contributed by atoms with Crippen LogP contribution in [0.4, 0.5) is 5.13 Å². The van der Waals surface area contributed by atoms with E-state index in [1.54, 1.807) is 17.7 Å². The average Bonchev–Trinajstić information content (AvgIpc) is 3.51. The smallest absolute Gasteiger partial charge is 0.239 e. The summed E-state index contributed by atoms with van der Waals surface area (Å²) in [5, 5.41) is 17.0. The molecule has 3 aromatic heterocycles. The number of nitrogens with one attached hydrogen (secondary N) is 1. The van der Waals surface area contributed by atoms with Crippen LogP contribution < -0.4 is 5.32 Å². The van der Waals surface area contributed by atoms with E-state index >= 15 is 0 Å². The van der Waals surface area contributed by atoms with Gasteiger partial charge < -0.3 is 0 Å². The Bertz CT molecular complexity index is 1280. The maximum atomic E-state index is 13.2. The summed E-state index contributed by atoms with van der Waals surface area (Å²) in [4.78, 5) is 23.2. The number of amides is 1. The van der Waals surface area contributed by atoms with Crippen LogP contribution in [0.3, 0.4) is 0 Å². The molecule has 3 heterocycles. The second-order valence-corrected chi connectivity index (χ2v) is 11.7. The Morgan fingerprint density at radius 3 is 2.71 bits per heavy atom. The molecule has 9 heteroatoms. The molecule has 0 aliphatic heterocycles. The summed E-state index contributed by atoms with van der Waals surface area (Å²) in [6.45, 7) is 4.11. The van der Waals surface area contributed by atoms with Gasteiger partial charge in [0.05, 0.1) is 10.6 Å². The fourth-order valence-corrected chi connectivity index (χ4v) is 7.26. The number of fused-ring (bicyclic) bond motifs is 1. The van der Waals surface area contributed by atoms with Crippen LogP contribution in [-0.4, -0.2) is 31.3 Å². The summed E-state index contributed by atoms with van der Waals surface area (Å²) < 4.78 is 0. The zero-order valence-corrected chi connectivity index (χ0v) is 21.7. The van der Waals surface area contributed by atoms with Crippen LogP contribution in [0.1, 0.15) is 61.9 Å². The summed E-state index contributed by atoms with van der Waals surface area (Å²) in [5.41, 5.74) is 3.47. The molecule has 1 fully saturated rings. The van der Waals surface area contributed by atoms with Gasteiger partial charge in [0.1, 0.15) is 21.2 Å². The SMILES string of the molecule is CCC(Sc1ncnc2scc(-c3ccc(C)cc3)c12)C(=O)Nc1nnc(C2CCCCC2)s1. The predicted molar refractivity (Wildman–Crippen MR) is 142 cm³/mol. The molecule has 1 amide bonds. The van der Waals surface area contributed by atoms with Gasteiger partial charge in [-0.2, -0.15) is 0 Å². The van der Waals surface area contributed by atoms with E-state index in [2.05, 4.69) is 62.1 Å². The van der Waals surface area contributed by atoms with Crippen molar-refractivity contribution in [3.05, 3.63) is 46.5 Å². The first-order valence-electron chi connectivity index (χ1n) is 11.7. The molecule has 1 aliphatic rings. The quantitative estimate of drug-likeness (QED) is 0.212. The normalized spacial score (nSPS) is 15.5. The number of thioether (sulfide) groups is 1. The molecule has 1 aromatic carbocycles. The van der Waals surface area contributed by atoms with E-state index < -0.39 is 0 Å². The fraction of sp³-hybridized carbons (Fsp3) is 0.400. The zero-order chi connectivity index (χ0) is 23.5. The largest absolute Gasteiger partial charge is 0.300 e. The van der Waals surface area contributed by atoms with Crippen LogP contribution >= 0.6 is 34.4 Å². The fourth-order valence-electron chi connectivity index (χ4n) is 4.33. The number of carbonyl (C=O) groups is 1. The van der Waals surface area contributed by atoms with Crippen molar-refractivity contribution in [1.82, 2.24) is 20.2 Å². The topological polar surface area (TPSA) is 80.7 Å². The van der Waals surface area contributed by atoms with Crippen LogP contribution in [0.2, 0.25) is 0 Å². The number of thiophene rings is 1. The highest BCUT2D eigenvalue weighted by atomic mass is 32.2. The van der Waals surface area contributed by atoms with E-state index in [-0.39, 0.29) is 11.2 Å². The van der Waals surface area contributed by atoms with Crippen molar-refractivity contribution in [2.45, 2.75) is 68.6 Å². The van der Waals surface area contributed by atoms with Crippen molar-refractivity contribution in [3.8, 4) is 11.1 Å². The van der Waals surface area contributed by atoms with Crippen LogP contribution in [0.5, 0.6) is 0 Å². The Hall–Kier alpha value is -2.36. The predicted octanol–water partition coefficient (Wildman–Crippen LogP) is 7.08. The van der Waals surface area contributed by atoms with Gasteiger partial charge in [-0.15, -0.1) is 21.5 Å². The second-order valence-electron chi connectivity index (χ2n) is 8.66. The minimum absolute atomic E-state index is 0.0577. The van der Waals surface area contributed by atoms with Gasteiger partial charge in [0.15, 0.2) is 0 Å². The third kappa shape index (κ3) is 5.01. The van der Waals surface area contributed by atoms with E-state index in [0.717, 1.165) is 31.4 Å². The van der Waals surface area contributed by atoms with Crippen LogP contribution in [0, 0.1) is 6.92 Å². The number of benzene rings is 1. The highest BCUT2D eigenvalue weighted by molar-refractivity contribution is 8.00. The molecule has 6 nitrogen and oxygen atoms in total. The van der Waals surface area contributed by atoms with Crippen LogP contribution in [-0.2, 0) is 4.79 Å². The zero-order valence-electron chi connectivity index (χ0n) is 19.3. The second kappa shape index (κ2) is 10.5. The third-order valence-electron chi connectivity index (χ3n) is 6.24.